The smallest absolute Gasteiger partial charge is 0.282 e. The van der Waals surface area contributed by atoms with E-state index >= 15 is 0 Å². The number of benzene rings is 1. The van der Waals surface area contributed by atoms with Crippen LogP contribution < -0.4 is 5.56 Å². The first-order valence-corrected chi connectivity index (χ1v) is 7.10. The maximum Gasteiger partial charge on any atom is 0.294 e. The summed E-state index contributed by atoms with van der Waals surface area (Å²) >= 11 is 11.4. The molecule has 19 heavy (non-hydrogen) atoms. The standard InChI is InChI=1S/C10H8Cl2N2O4S/c1-6-9(10(15)14(12)13(6)11)7-3-2-4-8(5-7)19(16,17)18/h2-5H,1H3,(H,16,17,18). The molecule has 0 amide bonds. The molecule has 0 saturated heterocycles. The molecular formula is C10H8Cl2N2O4S. The van der Waals surface area contributed by atoms with Crippen molar-refractivity contribution in [2.75, 3.05) is 0 Å². The van der Waals surface area contributed by atoms with E-state index in [1.807, 2.05) is 0 Å². The Hall–Kier alpha value is -1.28. The molecule has 0 aliphatic carbocycles. The summed E-state index contributed by atoms with van der Waals surface area (Å²) in [5, 5.41) is 0. The van der Waals surface area contributed by atoms with Gasteiger partial charge in [0.05, 0.1) is 16.2 Å². The summed E-state index contributed by atoms with van der Waals surface area (Å²) in [6.07, 6.45) is 0. The Balaban J connectivity index is 2.75. The average Bonchev–Trinajstić information content (AvgIpc) is 2.53. The minimum Gasteiger partial charge on any atom is -0.282 e. The third-order valence-corrected chi connectivity index (χ3v) is 4.23. The van der Waals surface area contributed by atoms with Crippen LogP contribution in [0.4, 0.5) is 0 Å². The van der Waals surface area contributed by atoms with Crippen LogP contribution in [0.5, 0.6) is 0 Å². The van der Waals surface area contributed by atoms with Gasteiger partial charge in [-0.3, -0.25) is 9.35 Å². The largest absolute Gasteiger partial charge is 0.294 e. The van der Waals surface area contributed by atoms with Crippen molar-refractivity contribution in [1.29, 1.82) is 0 Å². The van der Waals surface area contributed by atoms with E-state index in [9.17, 15) is 13.2 Å². The lowest BCUT2D eigenvalue weighted by Gasteiger charge is -2.01. The Kier molecular flexibility index (Phi) is 3.48. The monoisotopic (exact) mass is 322 g/mol. The molecule has 0 radical (unpaired) electrons. The maximum absolute atomic E-state index is 11.9. The van der Waals surface area contributed by atoms with Crippen molar-refractivity contribution in [3.63, 3.8) is 0 Å². The van der Waals surface area contributed by atoms with E-state index in [-0.39, 0.29) is 10.5 Å². The van der Waals surface area contributed by atoms with Gasteiger partial charge in [-0.25, -0.2) is 0 Å². The number of aromatic nitrogens is 2. The van der Waals surface area contributed by atoms with Crippen molar-refractivity contribution in [3.05, 3.63) is 40.3 Å². The van der Waals surface area contributed by atoms with Crippen LogP contribution >= 0.6 is 23.6 Å². The molecule has 2 aromatic rings. The molecule has 0 aliphatic heterocycles. The van der Waals surface area contributed by atoms with Crippen LogP contribution in [0.1, 0.15) is 5.69 Å². The molecule has 0 fully saturated rings. The summed E-state index contributed by atoms with van der Waals surface area (Å²) in [5.41, 5.74) is 0.234. The van der Waals surface area contributed by atoms with Crippen molar-refractivity contribution < 1.29 is 13.0 Å². The lowest BCUT2D eigenvalue weighted by atomic mass is 10.1. The van der Waals surface area contributed by atoms with Gasteiger partial charge >= 0.3 is 0 Å². The van der Waals surface area contributed by atoms with Gasteiger partial charge in [-0.15, -0.1) is 4.20 Å². The summed E-state index contributed by atoms with van der Waals surface area (Å²) in [7, 11) is -4.34. The topological polar surface area (TPSA) is 81.3 Å². The van der Waals surface area contributed by atoms with Crippen LogP contribution in [0, 0.1) is 6.92 Å². The van der Waals surface area contributed by atoms with Crippen molar-refractivity contribution in [2.45, 2.75) is 11.8 Å². The lowest BCUT2D eigenvalue weighted by molar-refractivity contribution is 0.483. The van der Waals surface area contributed by atoms with Gasteiger partial charge in [-0.05, 0) is 24.6 Å². The molecule has 6 nitrogen and oxygen atoms in total. The molecule has 0 spiro atoms. The molecular weight excluding hydrogens is 315 g/mol. The average molecular weight is 323 g/mol. The summed E-state index contributed by atoms with van der Waals surface area (Å²) in [6.45, 7) is 1.56. The van der Waals surface area contributed by atoms with Gasteiger partial charge in [0, 0.05) is 23.6 Å². The van der Waals surface area contributed by atoms with E-state index in [4.69, 9.17) is 28.1 Å². The van der Waals surface area contributed by atoms with Crippen LogP contribution in [0.25, 0.3) is 11.1 Å². The van der Waals surface area contributed by atoms with E-state index in [0.717, 1.165) is 4.20 Å². The molecule has 0 aliphatic rings. The SMILES string of the molecule is Cc1c(-c2cccc(S(=O)(=O)O)c2)c(=O)n(Cl)n1Cl. The van der Waals surface area contributed by atoms with Gasteiger partial charge in [0.15, 0.2) is 0 Å². The number of hydrogen-bond donors (Lipinski definition) is 1. The van der Waals surface area contributed by atoms with Gasteiger partial charge in [0.1, 0.15) is 0 Å². The van der Waals surface area contributed by atoms with E-state index in [2.05, 4.69) is 0 Å². The Morgan fingerprint density at radius 2 is 1.84 bits per heavy atom. The number of hydrogen-bond acceptors (Lipinski definition) is 3. The zero-order chi connectivity index (χ0) is 14.4. The van der Waals surface area contributed by atoms with Gasteiger partial charge in [-0.1, -0.05) is 12.1 Å². The highest BCUT2D eigenvalue weighted by atomic mass is 35.5. The molecule has 1 N–H and O–H groups in total. The van der Waals surface area contributed by atoms with Crippen LogP contribution in [-0.2, 0) is 10.1 Å². The predicted octanol–water partition coefficient (Wildman–Crippen LogP) is 1.88. The second-order valence-electron chi connectivity index (χ2n) is 3.79. The lowest BCUT2D eigenvalue weighted by Crippen LogP contribution is -2.11. The van der Waals surface area contributed by atoms with Crippen molar-refractivity contribution in [3.8, 4) is 11.1 Å². The summed E-state index contributed by atoms with van der Waals surface area (Å²) in [6, 6.07) is 5.31. The van der Waals surface area contributed by atoms with E-state index in [1.54, 1.807) is 6.92 Å². The summed E-state index contributed by atoms with van der Waals surface area (Å²) in [4.78, 5) is 11.6. The highest BCUT2D eigenvalue weighted by Crippen LogP contribution is 2.24. The molecule has 1 aromatic heterocycles. The van der Waals surface area contributed by atoms with Gasteiger partial charge in [-0.2, -0.15) is 12.6 Å². The van der Waals surface area contributed by atoms with Crippen molar-refractivity contribution >= 4 is 33.7 Å². The second kappa shape index (κ2) is 4.68. The first kappa shape index (κ1) is 14.1. The Morgan fingerprint density at radius 3 is 2.32 bits per heavy atom. The summed E-state index contributed by atoms with van der Waals surface area (Å²) in [5.74, 6) is 0. The zero-order valence-electron chi connectivity index (χ0n) is 9.54. The normalized spacial score (nSPS) is 11.8. The molecule has 0 saturated carbocycles. The third-order valence-electron chi connectivity index (χ3n) is 2.59. The molecule has 0 unspecified atom stereocenters. The van der Waals surface area contributed by atoms with Crippen LogP contribution in [-0.4, -0.2) is 21.4 Å². The first-order valence-electron chi connectivity index (χ1n) is 4.98. The zero-order valence-corrected chi connectivity index (χ0v) is 11.9. The number of rotatable bonds is 2. The van der Waals surface area contributed by atoms with Crippen LogP contribution in [0.15, 0.2) is 34.0 Å². The van der Waals surface area contributed by atoms with Crippen LogP contribution in [0.3, 0.4) is 0 Å². The Labute approximate surface area is 118 Å². The van der Waals surface area contributed by atoms with E-state index in [1.165, 1.54) is 24.3 Å². The molecule has 0 bridgehead atoms. The number of halogens is 2. The van der Waals surface area contributed by atoms with Gasteiger partial charge in [0.25, 0.3) is 15.7 Å². The third kappa shape index (κ3) is 2.42. The van der Waals surface area contributed by atoms with Crippen molar-refractivity contribution in [2.24, 2.45) is 0 Å². The van der Waals surface area contributed by atoms with Crippen molar-refractivity contribution in [1.82, 2.24) is 8.40 Å². The minimum atomic E-state index is -4.34. The number of nitrogens with zero attached hydrogens (tertiary/aromatic N) is 2. The highest BCUT2D eigenvalue weighted by molar-refractivity contribution is 7.85. The molecule has 2 rings (SSSR count). The Bertz CT molecular complexity index is 807. The fourth-order valence-electron chi connectivity index (χ4n) is 1.70. The molecule has 9 heteroatoms. The van der Waals surface area contributed by atoms with E-state index < -0.39 is 15.7 Å². The fourth-order valence-corrected chi connectivity index (χ4v) is 2.57. The Morgan fingerprint density at radius 1 is 1.21 bits per heavy atom. The molecule has 1 heterocycles. The van der Waals surface area contributed by atoms with E-state index in [0.29, 0.717) is 15.5 Å². The molecule has 102 valence electrons. The van der Waals surface area contributed by atoms with Gasteiger partial charge < -0.3 is 0 Å². The second-order valence-corrected chi connectivity index (χ2v) is 5.85. The van der Waals surface area contributed by atoms with Gasteiger partial charge in [0.2, 0.25) is 0 Å². The first-order chi connectivity index (χ1) is 8.73. The summed E-state index contributed by atoms with van der Waals surface area (Å²) < 4.78 is 32.7. The quantitative estimate of drug-likeness (QED) is 0.856. The van der Waals surface area contributed by atoms with Crippen LogP contribution in [0.2, 0.25) is 0 Å². The minimum absolute atomic E-state index is 0.163. The fraction of sp³-hybridized carbons (Fsp3) is 0.100. The predicted molar refractivity (Wildman–Crippen MR) is 71.2 cm³/mol. The maximum atomic E-state index is 11.9. The molecule has 1 aromatic carbocycles. The highest BCUT2D eigenvalue weighted by Gasteiger charge is 2.18. The molecule has 0 atom stereocenters.